The Morgan fingerprint density at radius 2 is 0.896 bits per heavy atom. The molecular formula is C58H106N2O6P+. The van der Waals surface area contributed by atoms with E-state index in [1.807, 2.05) is 21.1 Å². The van der Waals surface area contributed by atoms with Gasteiger partial charge in [-0.3, -0.25) is 13.8 Å². The van der Waals surface area contributed by atoms with Crippen LogP contribution in [0, 0.1) is 0 Å². The minimum atomic E-state index is -4.34. The molecule has 0 aliphatic rings. The van der Waals surface area contributed by atoms with Crippen molar-refractivity contribution in [3.63, 3.8) is 0 Å². The highest BCUT2D eigenvalue weighted by Crippen LogP contribution is 2.43. The van der Waals surface area contributed by atoms with Crippen molar-refractivity contribution in [2.75, 3.05) is 40.9 Å². The fraction of sp³-hybridized carbons (Fsp3) is 0.741. The highest BCUT2D eigenvalue weighted by atomic mass is 31.2. The Labute approximate surface area is 414 Å². The number of allylic oxidation sites excluding steroid dienone is 14. The third-order valence-corrected chi connectivity index (χ3v) is 12.9. The lowest BCUT2D eigenvalue weighted by atomic mass is 10.0. The van der Waals surface area contributed by atoms with Gasteiger partial charge in [-0.05, 0) is 70.6 Å². The molecular weight excluding hydrogens is 852 g/mol. The number of unbranched alkanes of at least 4 members (excludes halogenated alkanes) is 22. The molecule has 67 heavy (non-hydrogen) atoms. The zero-order chi connectivity index (χ0) is 49.2. The van der Waals surface area contributed by atoms with Crippen molar-refractivity contribution in [3.8, 4) is 0 Å². The molecule has 0 fully saturated rings. The lowest BCUT2D eigenvalue weighted by Crippen LogP contribution is -2.46. The van der Waals surface area contributed by atoms with Gasteiger partial charge < -0.3 is 19.8 Å². The van der Waals surface area contributed by atoms with Gasteiger partial charge in [-0.25, -0.2) is 4.57 Å². The molecule has 0 aliphatic carbocycles. The number of hydrogen-bond acceptors (Lipinski definition) is 5. The summed E-state index contributed by atoms with van der Waals surface area (Å²) in [6.07, 6.45) is 67.7. The summed E-state index contributed by atoms with van der Waals surface area (Å²) in [6, 6.07) is -0.785. The number of likely N-dealkylation sites (N-methyl/N-ethyl adjacent to an activating group) is 1. The Morgan fingerprint density at radius 1 is 0.522 bits per heavy atom. The quantitative estimate of drug-likeness (QED) is 0.0243. The standard InChI is InChI=1S/C58H105N2O6P/c1-6-8-10-12-14-16-18-20-22-24-26-28-29-30-31-32-34-36-38-40-42-44-46-48-50-52-58(62)59-56(55-66-67(63,64)65-54-53-60(3,4)5)57(61)51-49-47-45-43-41-39-37-35-33-27-25-23-21-19-17-15-13-11-9-7-2/h8,10,14,16,20,22,26,28,30-31,34,36,40,42,56-57,61H,6-7,9,11-13,15,17-19,21,23-25,27,29,32-33,35,37-39,41,43-55H2,1-5H3,(H-,59,62,63,64)/p+1/b10-8-,16-14-,22-20-,28-26-,31-30-,36-34-,42-40-. The number of carbonyl (C=O) groups excluding carboxylic acids is 1. The number of amides is 1. The molecule has 3 unspecified atom stereocenters. The van der Waals surface area contributed by atoms with Crippen LogP contribution in [0.5, 0.6) is 0 Å². The maximum Gasteiger partial charge on any atom is 0.472 e. The van der Waals surface area contributed by atoms with E-state index in [0.29, 0.717) is 23.9 Å². The van der Waals surface area contributed by atoms with Crippen molar-refractivity contribution in [1.29, 1.82) is 0 Å². The topological polar surface area (TPSA) is 105 Å². The van der Waals surface area contributed by atoms with E-state index >= 15 is 0 Å². The van der Waals surface area contributed by atoms with E-state index in [1.54, 1.807) is 0 Å². The van der Waals surface area contributed by atoms with Crippen LogP contribution in [0.3, 0.4) is 0 Å². The molecule has 3 atom stereocenters. The first-order valence-corrected chi connectivity index (χ1v) is 28.9. The first-order chi connectivity index (χ1) is 32.5. The first kappa shape index (κ1) is 64.7. The number of nitrogens with zero attached hydrogens (tertiary/aromatic N) is 1. The average Bonchev–Trinajstić information content (AvgIpc) is 3.29. The Kier molecular flexibility index (Phi) is 47.0. The van der Waals surface area contributed by atoms with Crippen molar-refractivity contribution >= 4 is 13.7 Å². The number of phosphoric ester groups is 1. The summed E-state index contributed by atoms with van der Waals surface area (Å²) in [4.78, 5) is 23.3. The molecule has 0 saturated heterocycles. The van der Waals surface area contributed by atoms with Crippen LogP contribution in [0.1, 0.15) is 226 Å². The lowest BCUT2D eigenvalue weighted by Gasteiger charge is -2.26. The van der Waals surface area contributed by atoms with Crippen molar-refractivity contribution in [1.82, 2.24) is 5.32 Å². The van der Waals surface area contributed by atoms with Crippen LogP contribution in [0.25, 0.3) is 0 Å². The predicted octanol–water partition coefficient (Wildman–Crippen LogP) is 16.5. The molecule has 0 bridgehead atoms. The molecule has 0 spiro atoms. The number of aliphatic hydroxyl groups excluding tert-OH is 1. The number of phosphoric acid groups is 1. The molecule has 0 saturated carbocycles. The molecule has 9 heteroatoms. The third-order valence-electron chi connectivity index (χ3n) is 11.9. The molecule has 0 rings (SSSR count). The summed E-state index contributed by atoms with van der Waals surface area (Å²) in [5.74, 6) is -0.178. The van der Waals surface area contributed by atoms with Crippen LogP contribution in [0.2, 0.25) is 0 Å². The number of quaternary nitrogens is 1. The molecule has 0 radical (unpaired) electrons. The third kappa shape index (κ3) is 51.4. The van der Waals surface area contributed by atoms with Crippen LogP contribution in [0.15, 0.2) is 85.1 Å². The Balaban J connectivity index is 4.32. The minimum Gasteiger partial charge on any atom is -0.391 e. The Hall–Kier alpha value is -2.32. The van der Waals surface area contributed by atoms with Crippen molar-refractivity contribution in [2.24, 2.45) is 0 Å². The summed E-state index contributed by atoms with van der Waals surface area (Å²) >= 11 is 0. The summed E-state index contributed by atoms with van der Waals surface area (Å²) < 4.78 is 23.7. The van der Waals surface area contributed by atoms with E-state index in [2.05, 4.69) is 104 Å². The van der Waals surface area contributed by atoms with Gasteiger partial charge >= 0.3 is 7.82 Å². The van der Waals surface area contributed by atoms with Gasteiger partial charge in [0, 0.05) is 6.42 Å². The van der Waals surface area contributed by atoms with Gasteiger partial charge in [0.2, 0.25) is 5.91 Å². The highest BCUT2D eigenvalue weighted by molar-refractivity contribution is 7.47. The number of hydrogen-bond donors (Lipinski definition) is 3. The molecule has 0 aliphatic heterocycles. The second kappa shape index (κ2) is 48.7. The van der Waals surface area contributed by atoms with Gasteiger partial charge in [0.05, 0.1) is 39.9 Å². The zero-order valence-electron chi connectivity index (χ0n) is 44.1. The normalized spacial score (nSPS) is 14.7. The molecule has 1 amide bonds. The Bertz CT molecular complexity index is 1360. The largest absolute Gasteiger partial charge is 0.472 e. The van der Waals surface area contributed by atoms with Crippen LogP contribution >= 0.6 is 7.82 Å². The first-order valence-electron chi connectivity index (χ1n) is 27.5. The molecule has 3 N–H and O–H groups in total. The van der Waals surface area contributed by atoms with E-state index in [0.717, 1.165) is 89.9 Å². The number of carbonyl (C=O) groups is 1. The Morgan fingerprint density at radius 3 is 1.30 bits per heavy atom. The fourth-order valence-corrected chi connectivity index (χ4v) is 8.35. The monoisotopic (exact) mass is 958 g/mol. The highest BCUT2D eigenvalue weighted by Gasteiger charge is 2.28. The number of aliphatic hydroxyl groups is 1. The maximum atomic E-state index is 13.0. The summed E-state index contributed by atoms with van der Waals surface area (Å²) in [5, 5.41) is 14.0. The van der Waals surface area contributed by atoms with Gasteiger partial charge in [0.15, 0.2) is 0 Å². The molecule has 8 nitrogen and oxygen atoms in total. The molecule has 0 aromatic carbocycles. The molecule has 0 aromatic rings. The van der Waals surface area contributed by atoms with Crippen molar-refractivity contribution in [3.05, 3.63) is 85.1 Å². The van der Waals surface area contributed by atoms with Crippen molar-refractivity contribution < 1.29 is 32.9 Å². The van der Waals surface area contributed by atoms with Crippen LogP contribution in [-0.4, -0.2) is 73.4 Å². The van der Waals surface area contributed by atoms with Gasteiger partial charge in [0.1, 0.15) is 13.2 Å². The SMILES string of the molecule is CC/C=C\C/C=C\C/C=C\C/C=C\C/C=C\C/C=C\C/C=C\CCCCCC(=O)NC(COP(=O)(O)OCC[N+](C)(C)C)C(O)CCCCCCCCCCCCCCCCCCCCCC. The second-order valence-electron chi connectivity index (χ2n) is 19.6. The maximum absolute atomic E-state index is 13.0. The van der Waals surface area contributed by atoms with Crippen LogP contribution < -0.4 is 5.32 Å². The van der Waals surface area contributed by atoms with E-state index in [1.165, 1.54) is 109 Å². The fourth-order valence-electron chi connectivity index (χ4n) is 7.61. The van der Waals surface area contributed by atoms with E-state index in [4.69, 9.17) is 9.05 Å². The number of nitrogens with one attached hydrogen (secondary N) is 1. The smallest absolute Gasteiger partial charge is 0.391 e. The van der Waals surface area contributed by atoms with Crippen LogP contribution in [-0.2, 0) is 18.4 Å². The van der Waals surface area contributed by atoms with Gasteiger partial charge in [-0.1, -0.05) is 234 Å². The summed E-state index contributed by atoms with van der Waals surface area (Å²) in [6.45, 7) is 4.75. The summed E-state index contributed by atoms with van der Waals surface area (Å²) in [7, 11) is 1.58. The van der Waals surface area contributed by atoms with Gasteiger partial charge in [0.25, 0.3) is 0 Å². The van der Waals surface area contributed by atoms with Gasteiger partial charge in [-0.2, -0.15) is 0 Å². The molecule has 0 aromatic heterocycles. The van der Waals surface area contributed by atoms with E-state index in [-0.39, 0.29) is 19.1 Å². The van der Waals surface area contributed by atoms with Crippen molar-refractivity contribution in [2.45, 2.75) is 238 Å². The molecule has 388 valence electrons. The van der Waals surface area contributed by atoms with Crippen LogP contribution in [0.4, 0.5) is 0 Å². The number of rotatable bonds is 49. The summed E-state index contributed by atoms with van der Waals surface area (Å²) in [5.41, 5.74) is 0. The minimum absolute atomic E-state index is 0.0634. The van der Waals surface area contributed by atoms with E-state index in [9.17, 15) is 19.4 Å². The van der Waals surface area contributed by atoms with Gasteiger partial charge in [-0.15, -0.1) is 0 Å². The average molecular weight is 958 g/mol. The van der Waals surface area contributed by atoms with E-state index < -0.39 is 20.0 Å². The lowest BCUT2D eigenvalue weighted by molar-refractivity contribution is -0.870. The zero-order valence-corrected chi connectivity index (χ0v) is 45.0. The second-order valence-corrected chi connectivity index (χ2v) is 21.0. The predicted molar refractivity (Wildman–Crippen MR) is 290 cm³/mol. The molecule has 0 heterocycles.